The highest BCUT2D eigenvalue weighted by molar-refractivity contribution is 5.47. The third-order valence-corrected chi connectivity index (χ3v) is 2.37. The lowest BCUT2D eigenvalue weighted by Crippen LogP contribution is -2.13. The minimum absolute atomic E-state index is 0.0307. The number of aromatic amines is 1. The molecule has 0 radical (unpaired) electrons. The van der Waals surface area contributed by atoms with Crippen LogP contribution < -0.4 is 21.3 Å². The monoisotopic (exact) mass is 246 g/mol. The zero-order valence-electron chi connectivity index (χ0n) is 9.93. The van der Waals surface area contributed by atoms with Crippen LogP contribution in [0.25, 0.3) is 0 Å². The zero-order valence-corrected chi connectivity index (χ0v) is 9.93. The van der Waals surface area contributed by atoms with Crippen LogP contribution in [0.1, 0.15) is 5.56 Å². The largest absolute Gasteiger partial charge is 0.437 e. The second-order valence-corrected chi connectivity index (χ2v) is 3.73. The van der Waals surface area contributed by atoms with Crippen LogP contribution in [-0.2, 0) is 6.54 Å². The molecule has 0 aliphatic carbocycles. The Balaban J connectivity index is 2.18. The molecule has 0 atom stereocenters. The Morgan fingerprint density at radius 3 is 2.78 bits per heavy atom. The standard InChI is InChI=1S/C12H14N4O2/c1-14-6-8-2-4-9(5-3-8)18-12-10(13)11(17)15-7-16-12/h2-5,7,14H,6,13H2,1H3,(H,15,16,17). The fourth-order valence-corrected chi connectivity index (χ4v) is 1.47. The number of H-pyrrole nitrogens is 1. The number of ether oxygens (including phenoxy) is 1. The molecule has 0 spiro atoms. The fraction of sp³-hybridized carbons (Fsp3) is 0.167. The van der Waals surface area contributed by atoms with Crippen molar-refractivity contribution in [3.8, 4) is 11.6 Å². The number of hydrogen-bond acceptors (Lipinski definition) is 5. The summed E-state index contributed by atoms with van der Waals surface area (Å²) in [6.45, 7) is 0.783. The number of benzene rings is 1. The summed E-state index contributed by atoms with van der Waals surface area (Å²) in [5.74, 6) is 0.694. The molecule has 0 unspecified atom stereocenters. The molecule has 1 aromatic heterocycles. The average Bonchev–Trinajstić information content (AvgIpc) is 2.38. The van der Waals surface area contributed by atoms with E-state index in [2.05, 4.69) is 15.3 Å². The normalized spacial score (nSPS) is 10.3. The van der Waals surface area contributed by atoms with E-state index in [0.29, 0.717) is 5.75 Å². The number of anilines is 1. The van der Waals surface area contributed by atoms with Crippen LogP contribution in [0, 0.1) is 0 Å². The molecular formula is C12H14N4O2. The van der Waals surface area contributed by atoms with Gasteiger partial charge in [-0.15, -0.1) is 0 Å². The maximum atomic E-state index is 11.3. The van der Waals surface area contributed by atoms with Crippen molar-refractivity contribution in [2.24, 2.45) is 0 Å². The van der Waals surface area contributed by atoms with Gasteiger partial charge in [0.2, 0.25) is 5.88 Å². The van der Waals surface area contributed by atoms with E-state index >= 15 is 0 Å². The molecule has 1 heterocycles. The molecular weight excluding hydrogens is 232 g/mol. The summed E-state index contributed by atoms with van der Waals surface area (Å²) in [6, 6.07) is 7.45. The number of aromatic nitrogens is 2. The highest BCUT2D eigenvalue weighted by Gasteiger charge is 2.06. The number of nitrogens with two attached hydrogens (primary N) is 1. The first-order valence-electron chi connectivity index (χ1n) is 5.45. The van der Waals surface area contributed by atoms with Crippen LogP contribution in [-0.4, -0.2) is 17.0 Å². The molecule has 94 valence electrons. The van der Waals surface area contributed by atoms with Crippen LogP contribution in [0.15, 0.2) is 35.4 Å². The van der Waals surface area contributed by atoms with Gasteiger partial charge in [-0.25, -0.2) is 4.98 Å². The third-order valence-electron chi connectivity index (χ3n) is 2.37. The van der Waals surface area contributed by atoms with Crippen molar-refractivity contribution < 1.29 is 4.74 Å². The van der Waals surface area contributed by atoms with E-state index in [1.54, 1.807) is 12.1 Å². The second-order valence-electron chi connectivity index (χ2n) is 3.73. The molecule has 0 aliphatic heterocycles. The Hall–Kier alpha value is -2.34. The highest BCUT2D eigenvalue weighted by atomic mass is 16.5. The van der Waals surface area contributed by atoms with E-state index in [1.165, 1.54) is 6.33 Å². The Morgan fingerprint density at radius 2 is 2.11 bits per heavy atom. The van der Waals surface area contributed by atoms with E-state index in [4.69, 9.17) is 10.5 Å². The topological polar surface area (TPSA) is 93.0 Å². The lowest BCUT2D eigenvalue weighted by Gasteiger charge is -2.07. The van der Waals surface area contributed by atoms with Crippen LogP contribution in [0.4, 0.5) is 5.69 Å². The number of nitrogens with zero attached hydrogens (tertiary/aromatic N) is 1. The van der Waals surface area contributed by atoms with Crippen molar-refractivity contribution in [2.75, 3.05) is 12.8 Å². The van der Waals surface area contributed by atoms with Gasteiger partial charge in [0.1, 0.15) is 5.75 Å². The van der Waals surface area contributed by atoms with E-state index in [1.807, 2.05) is 19.2 Å². The summed E-state index contributed by atoms with van der Waals surface area (Å²) in [4.78, 5) is 17.5. The molecule has 6 nitrogen and oxygen atoms in total. The van der Waals surface area contributed by atoms with Gasteiger partial charge >= 0.3 is 0 Å². The predicted octanol–water partition coefficient (Wildman–Crippen LogP) is 0.864. The first-order valence-corrected chi connectivity index (χ1v) is 5.45. The Bertz CT molecular complexity index is 577. The van der Waals surface area contributed by atoms with E-state index in [-0.39, 0.29) is 11.6 Å². The first-order chi connectivity index (χ1) is 8.70. The molecule has 0 saturated carbocycles. The summed E-state index contributed by atoms with van der Waals surface area (Å²) in [7, 11) is 1.88. The van der Waals surface area contributed by atoms with Gasteiger partial charge in [-0.05, 0) is 24.7 Å². The number of hydrogen-bond donors (Lipinski definition) is 3. The molecule has 0 saturated heterocycles. The molecule has 0 bridgehead atoms. The minimum Gasteiger partial charge on any atom is -0.437 e. The van der Waals surface area contributed by atoms with Crippen molar-refractivity contribution in [1.29, 1.82) is 0 Å². The lowest BCUT2D eigenvalue weighted by atomic mass is 10.2. The molecule has 2 aromatic rings. The van der Waals surface area contributed by atoms with Crippen LogP contribution >= 0.6 is 0 Å². The molecule has 6 heteroatoms. The van der Waals surface area contributed by atoms with Crippen molar-refractivity contribution in [2.45, 2.75) is 6.54 Å². The summed E-state index contributed by atoms with van der Waals surface area (Å²) in [5, 5.41) is 3.05. The van der Waals surface area contributed by atoms with Crippen LogP contribution in [0.3, 0.4) is 0 Å². The van der Waals surface area contributed by atoms with Crippen molar-refractivity contribution >= 4 is 5.69 Å². The molecule has 0 aliphatic rings. The van der Waals surface area contributed by atoms with Gasteiger partial charge in [0.25, 0.3) is 5.56 Å². The predicted molar refractivity (Wildman–Crippen MR) is 68.5 cm³/mol. The van der Waals surface area contributed by atoms with E-state index in [0.717, 1.165) is 12.1 Å². The third kappa shape index (κ3) is 2.67. The van der Waals surface area contributed by atoms with Crippen LogP contribution in [0.2, 0.25) is 0 Å². The van der Waals surface area contributed by atoms with Gasteiger partial charge in [-0.1, -0.05) is 12.1 Å². The Kier molecular flexibility index (Phi) is 3.59. The average molecular weight is 246 g/mol. The molecule has 0 amide bonds. The van der Waals surface area contributed by atoms with Crippen molar-refractivity contribution in [3.63, 3.8) is 0 Å². The van der Waals surface area contributed by atoms with Crippen LogP contribution in [0.5, 0.6) is 11.6 Å². The van der Waals surface area contributed by atoms with Gasteiger partial charge in [0, 0.05) is 6.54 Å². The van der Waals surface area contributed by atoms with Crippen molar-refractivity contribution in [1.82, 2.24) is 15.3 Å². The molecule has 1 aromatic carbocycles. The maximum absolute atomic E-state index is 11.3. The Labute approximate surface area is 104 Å². The summed E-state index contributed by atoms with van der Waals surface area (Å²) >= 11 is 0. The molecule has 2 rings (SSSR count). The fourth-order valence-electron chi connectivity index (χ4n) is 1.47. The van der Waals surface area contributed by atoms with Gasteiger partial charge in [0.05, 0.1) is 6.33 Å². The van der Waals surface area contributed by atoms with Gasteiger partial charge in [-0.3, -0.25) is 4.79 Å². The first kappa shape index (κ1) is 12.1. The minimum atomic E-state index is -0.410. The van der Waals surface area contributed by atoms with E-state index < -0.39 is 5.56 Å². The van der Waals surface area contributed by atoms with Crippen molar-refractivity contribution in [3.05, 3.63) is 46.5 Å². The van der Waals surface area contributed by atoms with Gasteiger partial charge < -0.3 is 20.8 Å². The molecule has 4 N–H and O–H groups in total. The molecule has 0 fully saturated rings. The zero-order chi connectivity index (χ0) is 13.0. The SMILES string of the molecule is CNCc1ccc(Oc2nc[nH]c(=O)c2N)cc1. The van der Waals surface area contributed by atoms with E-state index in [9.17, 15) is 4.79 Å². The highest BCUT2D eigenvalue weighted by Crippen LogP contribution is 2.22. The summed E-state index contributed by atoms with van der Waals surface area (Å²) in [6.07, 6.45) is 1.25. The quantitative estimate of drug-likeness (QED) is 0.744. The number of rotatable bonds is 4. The second kappa shape index (κ2) is 5.33. The summed E-state index contributed by atoms with van der Waals surface area (Å²) in [5.41, 5.74) is 6.26. The van der Waals surface area contributed by atoms with Gasteiger partial charge in [-0.2, -0.15) is 0 Å². The number of nitrogen functional groups attached to an aromatic ring is 1. The molecule has 18 heavy (non-hydrogen) atoms. The van der Waals surface area contributed by atoms with Gasteiger partial charge in [0.15, 0.2) is 5.69 Å². The lowest BCUT2D eigenvalue weighted by molar-refractivity contribution is 0.463. The maximum Gasteiger partial charge on any atom is 0.277 e. The summed E-state index contributed by atoms with van der Waals surface area (Å²) < 4.78 is 5.45. The number of nitrogens with one attached hydrogen (secondary N) is 2. The Morgan fingerprint density at radius 1 is 1.39 bits per heavy atom. The smallest absolute Gasteiger partial charge is 0.277 e.